The third-order valence-electron chi connectivity index (χ3n) is 3.76. The Morgan fingerprint density at radius 2 is 2.13 bits per heavy atom. The summed E-state index contributed by atoms with van der Waals surface area (Å²) in [4.78, 5) is 18.6. The zero-order chi connectivity index (χ0) is 16.4. The van der Waals surface area contributed by atoms with Crippen LogP contribution in [0.2, 0.25) is 5.02 Å². The van der Waals surface area contributed by atoms with Crippen LogP contribution in [0, 0.1) is 10.1 Å². The molecule has 0 atom stereocenters. The van der Waals surface area contributed by atoms with Crippen molar-refractivity contribution >= 4 is 28.8 Å². The summed E-state index contributed by atoms with van der Waals surface area (Å²) in [6, 6.07) is 1.82. The van der Waals surface area contributed by atoms with Crippen molar-refractivity contribution < 1.29 is 9.45 Å². The van der Waals surface area contributed by atoms with Crippen LogP contribution < -0.4 is 10.6 Å². The van der Waals surface area contributed by atoms with Crippen molar-refractivity contribution in [3.63, 3.8) is 0 Å². The van der Waals surface area contributed by atoms with Gasteiger partial charge in [0, 0.05) is 38.8 Å². The van der Waals surface area contributed by atoms with Gasteiger partial charge in [-0.1, -0.05) is 16.8 Å². The minimum absolute atomic E-state index is 0.126. The number of pyridine rings is 1. The number of rotatable bonds is 4. The molecule has 0 bridgehead atoms. The molecule has 0 radical (unpaired) electrons. The Hall–Kier alpha value is -2.39. The fourth-order valence-corrected chi connectivity index (χ4v) is 2.90. The molecule has 0 amide bonds. The summed E-state index contributed by atoms with van der Waals surface area (Å²) in [5.74, 6) is -0.126. The van der Waals surface area contributed by atoms with Crippen LogP contribution in [0.4, 0.5) is 17.2 Å². The second-order valence-electron chi connectivity index (χ2n) is 5.20. The number of anilines is 2. The monoisotopic (exact) mass is 338 g/mol. The lowest BCUT2D eigenvalue weighted by Crippen LogP contribution is -2.46. The van der Waals surface area contributed by atoms with Crippen LogP contribution in [-0.4, -0.2) is 46.1 Å². The smallest absolute Gasteiger partial charge is 0.335 e. The molecule has 10 heteroatoms. The fourth-order valence-electron chi connectivity index (χ4n) is 2.64. The molecule has 2 aromatic heterocycles. The van der Waals surface area contributed by atoms with E-state index in [9.17, 15) is 10.1 Å². The largest absolute Gasteiger partial charge is 0.378 e. The summed E-state index contributed by atoms with van der Waals surface area (Å²) in [6.07, 6.45) is 2.88. The second-order valence-corrected chi connectivity index (χ2v) is 5.61. The highest BCUT2D eigenvalue weighted by molar-refractivity contribution is 6.33. The van der Waals surface area contributed by atoms with Crippen LogP contribution in [-0.2, 0) is 6.54 Å². The molecular weight excluding hydrogens is 324 g/mol. The Morgan fingerprint density at radius 1 is 1.39 bits per heavy atom. The summed E-state index contributed by atoms with van der Waals surface area (Å²) < 4.78 is 4.82. The molecule has 0 spiro atoms. The number of hydrogen-bond acceptors (Lipinski definition) is 8. The molecule has 0 saturated carbocycles. The summed E-state index contributed by atoms with van der Waals surface area (Å²) in [5.41, 5.74) is 6.61. The van der Waals surface area contributed by atoms with Crippen molar-refractivity contribution in [1.29, 1.82) is 0 Å². The van der Waals surface area contributed by atoms with Crippen LogP contribution in [0.15, 0.2) is 23.0 Å². The van der Waals surface area contributed by atoms with Crippen molar-refractivity contribution in [3.8, 4) is 0 Å². The van der Waals surface area contributed by atoms with E-state index >= 15 is 0 Å². The van der Waals surface area contributed by atoms with Gasteiger partial charge in [0.1, 0.15) is 12.0 Å². The van der Waals surface area contributed by atoms with Gasteiger partial charge in [0.2, 0.25) is 5.82 Å². The number of piperazine rings is 1. The van der Waals surface area contributed by atoms with Crippen LogP contribution >= 0.6 is 11.6 Å². The third kappa shape index (κ3) is 3.20. The molecule has 9 nitrogen and oxygen atoms in total. The van der Waals surface area contributed by atoms with Gasteiger partial charge in [-0.3, -0.25) is 15.0 Å². The second kappa shape index (κ2) is 6.39. The molecule has 1 aliphatic rings. The fraction of sp³-hybridized carbons (Fsp3) is 0.385. The van der Waals surface area contributed by atoms with E-state index < -0.39 is 4.92 Å². The van der Waals surface area contributed by atoms with E-state index in [1.165, 1.54) is 12.5 Å². The molecule has 23 heavy (non-hydrogen) atoms. The van der Waals surface area contributed by atoms with E-state index in [0.29, 0.717) is 25.3 Å². The van der Waals surface area contributed by atoms with Gasteiger partial charge in [0.15, 0.2) is 0 Å². The highest BCUT2D eigenvalue weighted by Crippen LogP contribution is 2.38. The summed E-state index contributed by atoms with van der Waals surface area (Å²) in [7, 11) is 0. The molecule has 122 valence electrons. The molecule has 3 heterocycles. The number of nitrogens with zero attached hydrogens (tertiary/aromatic N) is 5. The van der Waals surface area contributed by atoms with Crippen molar-refractivity contribution in [2.75, 3.05) is 36.8 Å². The number of aromatic nitrogens is 2. The Bertz CT molecular complexity index is 700. The average Bonchev–Trinajstić information content (AvgIpc) is 3.03. The molecule has 0 aromatic carbocycles. The maximum absolute atomic E-state index is 11.3. The third-order valence-corrected chi connectivity index (χ3v) is 4.03. The lowest BCUT2D eigenvalue weighted by molar-refractivity contribution is -0.383. The van der Waals surface area contributed by atoms with Gasteiger partial charge >= 0.3 is 5.69 Å². The summed E-state index contributed by atoms with van der Waals surface area (Å²) in [5, 5.41) is 15.4. The quantitative estimate of drug-likeness (QED) is 0.659. The number of hydrogen-bond donors (Lipinski definition) is 1. The predicted octanol–water partition coefficient (Wildman–Crippen LogP) is 1.54. The Morgan fingerprint density at radius 3 is 2.74 bits per heavy atom. The van der Waals surface area contributed by atoms with Crippen LogP contribution in [0.5, 0.6) is 0 Å². The van der Waals surface area contributed by atoms with E-state index in [1.807, 2.05) is 11.0 Å². The van der Waals surface area contributed by atoms with Gasteiger partial charge in [-0.15, -0.1) is 0 Å². The van der Waals surface area contributed by atoms with Gasteiger partial charge in [0.05, 0.1) is 21.8 Å². The van der Waals surface area contributed by atoms with Gasteiger partial charge in [0.25, 0.3) is 0 Å². The first-order chi connectivity index (χ1) is 11.1. The van der Waals surface area contributed by atoms with E-state index in [1.54, 1.807) is 0 Å². The zero-order valence-electron chi connectivity index (χ0n) is 12.2. The minimum Gasteiger partial charge on any atom is -0.378 e. The molecule has 1 saturated heterocycles. The van der Waals surface area contributed by atoms with Crippen molar-refractivity contribution in [1.82, 2.24) is 15.0 Å². The first kappa shape index (κ1) is 15.5. The summed E-state index contributed by atoms with van der Waals surface area (Å²) in [6.45, 7) is 3.33. The number of nitro groups is 1. The average molecular weight is 339 g/mol. The van der Waals surface area contributed by atoms with Crippen LogP contribution in [0.1, 0.15) is 5.69 Å². The first-order valence-corrected chi connectivity index (χ1v) is 7.39. The Kier molecular flexibility index (Phi) is 4.30. The van der Waals surface area contributed by atoms with Gasteiger partial charge in [-0.05, 0) is 0 Å². The SMILES string of the molecule is Nc1ncc(Cl)c(N2CCN(Cc3ccon3)CC2)c1[N+](=O)[O-]. The van der Waals surface area contributed by atoms with Crippen molar-refractivity contribution in [2.24, 2.45) is 0 Å². The molecule has 0 unspecified atom stereocenters. The van der Waals surface area contributed by atoms with E-state index in [-0.39, 0.29) is 16.5 Å². The van der Waals surface area contributed by atoms with E-state index in [2.05, 4.69) is 15.0 Å². The standard InChI is InChI=1S/C13H15ClN6O3/c14-10-7-16-13(15)12(20(21)22)11(10)19-4-2-18(3-5-19)8-9-1-6-23-17-9/h1,6-7H,2-5,8H2,(H2,15,16). The van der Waals surface area contributed by atoms with Crippen molar-refractivity contribution in [3.05, 3.63) is 39.4 Å². The van der Waals surface area contributed by atoms with Gasteiger partial charge < -0.3 is 15.2 Å². The predicted molar refractivity (Wildman–Crippen MR) is 84.3 cm³/mol. The van der Waals surface area contributed by atoms with E-state index in [0.717, 1.165) is 18.8 Å². The summed E-state index contributed by atoms with van der Waals surface area (Å²) >= 11 is 6.13. The Labute approximate surface area is 136 Å². The van der Waals surface area contributed by atoms with Crippen LogP contribution in [0.3, 0.4) is 0 Å². The van der Waals surface area contributed by atoms with Crippen LogP contribution in [0.25, 0.3) is 0 Å². The molecule has 2 aromatic rings. The highest BCUT2D eigenvalue weighted by atomic mass is 35.5. The molecule has 2 N–H and O–H groups in total. The topological polar surface area (TPSA) is 115 Å². The van der Waals surface area contributed by atoms with Gasteiger partial charge in [-0.25, -0.2) is 4.98 Å². The van der Waals surface area contributed by atoms with Crippen molar-refractivity contribution in [2.45, 2.75) is 6.54 Å². The molecule has 1 aliphatic heterocycles. The molecule has 0 aliphatic carbocycles. The maximum atomic E-state index is 11.3. The normalized spacial score (nSPS) is 15.8. The molecular formula is C13H15ClN6O3. The Balaban J connectivity index is 1.75. The minimum atomic E-state index is -0.536. The van der Waals surface area contributed by atoms with E-state index in [4.69, 9.17) is 21.9 Å². The molecule has 1 fully saturated rings. The highest BCUT2D eigenvalue weighted by Gasteiger charge is 2.29. The lowest BCUT2D eigenvalue weighted by Gasteiger charge is -2.35. The number of halogens is 1. The zero-order valence-corrected chi connectivity index (χ0v) is 12.9. The first-order valence-electron chi connectivity index (χ1n) is 7.01. The maximum Gasteiger partial charge on any atom is 0.335 e. The lowest BCUT2D eigenvalue weighted by atomic mass is 10.2. The number of nitrogen functional groups attached to an aromatic ring is 1. The molecule has 3 rings (SSSR count). The number of nitrogens with two attached hydrogens (primary N) is 1. The van der Waals surface area contributed by atoms with Gasteiger partial charge in [-0.2, -0.15) is 0 Å².